The molecule has 112 valence electrons. The van der Waals surface area contributed by atoms with Crippen molar-refractivity contribution in [2.24, 2.45) is 5.92 Å². The van der Waals surface area contributed by atoms with Gasteiger partial charge in [0.2, 0.25) is 17.7 Å². The van der Waals surface area contributed by atoms with Crippen LogP contribution in [0.2, 0.25) is 0 Å². The highest BCUT2D eigenvalue weighted by Crippen LogP contribution is 2.27. The Hall–Kier alpha value is -1.39. The average molecular weight is 280 g/mol. The average Bonchev–Trinajstić information content (AvgIpc) is 2.44. The van der Waals surface area contributed by atoms with Crippen molar-refractivity contribution in [1.82, 2.24) is 10.2 Å². The topological polar surface area (TPSA) is 66.5 Å². The molecule has 0 aromatic rings. The molecule has 0 aromatic carbocycles. The fraction of sp³-hybridized carbons (Fsp3) is 0.800. The highest BCUT2D eigenvalue weighted by atomic mass is 16.2. The maximum Gasteiger partial charge on any atom is 0.249 e. The number of hydrogen-bond donors (Lipinski definition) is 1. The molecule has 1 N–H and O–H groups in total. The third kappa shape index (κ3) is 3.81. The number of imide groups is 1. The van der Waals surface area contributed by atoms with Crippen LogP contribution in [0.5, 0.6) is 0 Å². The molecule has 2 rings (SSSR count). The largest absolute Gasteiger partial charge is 0.322 e. The van der Waals surface area contributed by atoms with Crippen LogP contribution in [0.4, 0.5) is 0 Å². The Morgan fingerprint density at radius 3 is 2.65 bits per heavy atom. The third-order valence-electron chi connectivity index (χ3n) is 4.47. The maximum atomic E-state index is 12.1. The second kappa shape index (κ2) is 6.86. The Labute approximate surface area is 120 Å². The van der Waals surface area contributed by atoms with E-state index in [1.807, 2.05) is 0 Å². The Balaban J connectivity index is 1.75. The molecule has 1 saturated carbocycles. The summed E-state index contributed by atoms with van der Waals surface area (Å²) in [7, 11) is 0. The van der Waals surface area contributed by atoms with E-state index in [1.54, 1.807) is 6.92 Å². The molecule has 1 unspecified atom stereocenters. The smallest absolute Gasteiger partial charge is 0.249 e. The summed E-state index contributed by atoms with van der Waals surface area (Å²) in [5, 5.41) is 2.25. The van der Waals surface area contributed by atoms with Crippen LogP contribution in [0.3, 0.4) is 0 Å². The van der Waals surface area contributed by atoms with E-state index < -0.39 is 6.04 Å². The zero-order valence-corrected chi connectivity index (χ0v) is 12.2. The van der Waals surface area contributed by atoms with E-state index >= 15 is 0 Å². The van der Waals surface area contributed by atoms with Crippen LogP contribution in [-0.2, 0) is 14.4 Å². The second-order valence-electron chi connectivity index (χ2n) is 6.01. The van der Waals surface area contributed by atoms with Crippen molar-refractivity contribution in [3.8, 4) is 0 Å². The van der Waals surface area contributed by atoms with Gasteiger partial charge >= 0.3 is 0 Å². The van der Waals surface area contributed by atoms with Gasteiger partial charge in [-0.25, -0.2) is 0 Å². The molecular formula is C15H24N2O3. The Kier molecular flexibility index (Phi) is 5.15. The summed E-state index contributed by atoms with van der Waals surface area (Å²) in [4.78, 5) is 36.4. The van der Waals surface area contributed by atoms with Gasteiger partial charge in [0.05, 0.1) is 0 Å². The zero-order chi connectivity index (χ0) is 14.5. The highest BCUT2D eigenvalue weighted by Gasteiger charge is 2.33. The lowest BCUT2D eigenvalue weighted by Crippen LogP contribution is -2.58. The second-order valence-corrected chi connectivity index (χ2v) is 6.01. The van der Waals surface area contributed by atoms with Gasteiger partial charge in [0.1, 0.15) is 12.6 Å². The number of piperazine rings is 1. The van der Waals surface area contributed by atoms with Gasteiger partial charge < -0.3 is 4.90 Å². The van der Waals surface area contributed by atoms with Gasteiger partial charge in [-0.1, -0.05) is 32.1 Å². The number of nitrogens with one attached hydrogen (secondary N) is 1. The van der Waals surface area contributed by atoms with E-state index in [1.165, 1.54) is 37.0 Å². The number of amides is 3. The van der Waals surface area contributed by atoms with Gasteiger partial charge in [0.15, 0.2) is 0 Å². The molecule has 0 spiro atoms. The monoisotopic (exact) mass is 280 g/mol. The minimum absolute atomic E-state index is 0.00910. The van der Waals surface area contributed by atoms with Gasteiger partial charge in [-0.05, 0) is 25.7 Å². The molecule has 2 fully saturated rings. The van der Waals surface area contributed by atoms with E-state index in [-0.39, 0.29) is 24.3 Å². The summed E-state index contributed by atoms with van der Waals surface area (Å²) < 4.78 is 0. The van der Waals surface area contributed by atoms with E-state index in [2.05, 4.69) is 5.32 Å². The number of carbonyl (C=O) groups is 3. The molecule has 1 saturated heterocycles. The molecule has 1 aliphatic heterocycles. The quantitative estimate of drug-likeness (QED) is 0.796. The van der Waals surface area contributed by atoms with Gasteiger partial charge in [0, 0.05) is 6.42 Å². The van der Waals surface area contributed by atoms with E-state index in [4.69, 9.17) is 0 Å². The number of hydrogen-bond acceptors (Lipinski definition) is 3. The lowest BCUT2D eigenvalue weighted by molar-refractivity contribution is -0.149. The summed E-state index contributed by atoms with van der Waals surface area (Å²) in [5.41, 5.74) is 0. The summed E-state index contributed by atoms with van der Waals surface area (Å²) in [6.07, 6.45) is 8.95. The first-order chi connectivity index (χ1) is 9.58. The summed E-state index contributed by atoms with van der Waals surface area (Å²) in [5.74, 6) is -0.0626. The fourth-order valence-corrected chi connectivity index (χ4v) is 3.18. The first kappa shape index (κ1) is 15.0. The lowest BCUT2D eigenvalue weighted by Gasteiger charge is -2.32. The summed E-state index contributed by atoms with van der Waals surface area (Å²) in [6, 6.07) is -0.533. The van der Waals surface area contributed by atoms with Crippen LogP contribution < -0.4 is 5.32 Å². The van der Waals surface area contributed by atoms with Crippen molar-refractivity contribution in [3.63, 3.8) is 0 Å². The van der Waals surface area contributed by atoms with E-state index in [9.17, 15) is 14.4 Å². The third-order valence-corrected chi connectivity index (χ3v) is 4.47. The molecule has 1 heterocycles. The van der Waals surface area contributed by atoms with Gasteiger partial charge in [-0.2, -0.15) is 0 Å². The van der Waals surface area contributed by atoms with Crippen molar-refractivity contribution in [2.45, 2.75) is 64.3 Å². The van der Waals surface area contributed by atoms with Gasteiger partial charge in [0.25, 0.3) is 0 Å². The van der Waals surface area contributed by atoms with Crippen LogP contribution in [0.1, 0.15) is 58.3 Å². The minimum atomic E-state index is -0.533. The van der Waals surface area contributed by atoms with Crippen molar-refractivity contribution in [3.05, 3.63) is 0 Å². The van der Waals surface area contributed by atoms with Crippen molar-refractivity contribution in [1.29, 1.82) is 0 Å². The molecule has 1 aliphatic carbocycles. The Morgan fingerprint density at radius 2 is 1.95 bits per heavy atom. The van der Waals surface area contributed by atoms with Gasteiger partial charge in [-0.3, -0.25) is 19.7 Å². The normalized spacial score (nSPS) is 24.6. The number of nitrogens with zero attached hydrogens (tertiary/aromatic N) is 1. The molecule has 1 atom stereocenters. The predicted molar refractivity (Wildman–Crippen MR) is 74.8 cm³/mol. The standard InChI is InChI=1S/C15H24N2O3/c1-11-15(20)16-13(18)10-17(11)14(19)9-5-8-12-6-3-2-4-7-12/h11-12H,2-10H2,1H3,(H,16,18,20). The molecule has 5 nitrogen and oxygen atoms in total. The summed E-state index contributed by atoms with van der Waals surface area (Å²) >= 11 is 0. The van der Waals surface area contributed by atoms with Crippen LogP contribution in [0.25, 0.3) is 0 Å². The first-order valence-electron chi connectivity index (χ1n) is 7.71. The first-order valence-corrected chi connectivity index (χ1v) is 7.71. The zero-order valence-electron chi connectivity index (χ0n) is 12.2. The molecule has 5 heteroatoms. The van der Waals surface area contributed by atoms with Crippen molar-refractivity contribution < 1.29 is 14.4 Å². The molecule has 0 bridgehead atoms. The molecule has 20 heavy (non-hydrogen) atoms. The number of rotatable bonds is 4. The molecule has 2 aliphatic rings. The lowest BCUT2D eigenvalue weighted by atomic mass is 9.86. The van der Waals surface area contributed by atoms with Crippen LogP contribution >= 0.6 is 0 Å². The van der Waals surface area contributed by atoms with Gasteiger partial charge in [-0.15, -0.1) is 0 Å². The number of carbonyl (C=O) groups excluding carboxylic acids is 3. The Bertz CT molecular complexity index is 389. The summed E-state index contributed by atoms with van der Waals surface area (Å²) in [6.45, 7) is 1.68. The van der Waals surface area contributed by atoms with E-state index in [0.29, 0.717) is 6.42 Å². The SMILES string of the molecule is CC1C(=O)NC(=O)CN1C(=O)CCCC1CCCCC1. The van der Waals surface area contributed by atoms with Crippen LogP contribution in [-0.4, -0.2) is 35.2 Å². The maximum absolute atomic E-state index is 12.1. The molecular weight excluding hydrogens is 256 g/mol. The fourth-order valence-electron chi connectivity index (χ4n) is 3.18. The predicted octanol–water partition coefficient (Wildman–Crippen LogP) is 1.61. The Morgan fingerprint density at radius 1 is 1.25 bits per heavy atom. The van der Waals surface area contributed by atoms with Crippen LogP contribution in [0.15, 0.2) is 0 Å². The molecule has 0 aromatic heterocycles. The van der Waals surface area contributed by atoms with Crippen LogP contribution in [0, 0.1) is 5.92 Å². The van der Waals surface area contributed by atoms with E-state index in [0.717, 1.165) is 18.8 Å². The van der Waals surface area contributed by atoms with Crippen molar-refractivity contribution >= 4 is 17.7 Å². The minimum Gasteiger partial charge on any atom is -0.322 e. The molecule has 0 radical (unpaired) electrons. The highest BCUT2D eigenvalue weighted by molar-refractivity contribution is 6.04. The van der Waals surface area contributed by atoms with Crippen molar-refractivity contribution in [2.75, 3.05) is 6.54 Å². The molecule has 3 amide bonds.